The maximum atomic E-state index is 13.1. The third-order valence-electron chi connectivity index (χ3n) is 2.88. The molecule has 1 amide bonds. The molecule has 0 aliphatic carbocycles. The van der Waals surface area contributed by atoms with Crippen LogP contribution in [0.15, 0.2) is 18.2 Å². The molecule has 0 heterocycles. The number of hydrogen-bond donors (Lipinski definition) is 1. The predicted octanol–water partition coefficient (Wildman–Crippen LogP) is 3.12. The molecule has 0 bridgehead atoms. The SMILES string of the molecule is CC(C)N(C)C(=O)CNc1ccc(F)c(C(F)(F)F)c1. The van der Waals surface area contributed by atoms with Crippen molar-refractivity contribution in [1.82, 2.24) is 4.90 Å². The first-order chi connectivity index (χ1) is 9.12. The summed E-state index contributed by atoms with van der Waals surface area (Å²) in [5.41, 5.74) is -1.31. The van der Waals surface area contributed by atoms with Gasteiger partial charge in [-0.05, 0) is 32.0 Å². The fourth-order valence-corrected chi connectivity index (χ4v) is 1.44. The summed E-state index contributed by atoms with van der Waals surface area (Å²) in [7, 11) is 1.60. The molecule has 0 aromatic heterocycles. The first-order valence-electron chi connectivity index (χ1n) is 5.99. The summed E-state index contributed by atoms with van der Waals surface area (Å²) in [4.78, 5) is 13.1. The van der Waals surface area contributed by atoms with Crippen LogP contribution in [0.3, 0.4) is 0 Å². The lowest BCUT2D eigenvalue weighted by Crippen LogP contribution is -2.37. The lowest BCUT2D eigenvalue weighted by molar-refractivity contribution is -0.139. The van der Waals surface area contributed by atoms with E-state index in [1.165, 1.54) is 4.90 Å². The molecule has 0 atom stereocenters. The van der Waals surface area contributed by atoms with Crippen molar-refractivity contribution in [2.24, 2.45) is 0 Å². The van der Waals surface area contributed by atoms with E-state index in [0.717, 1.165) is 12.1 Å². The van der Waals surface area contributed by atoms with Crippen LogP contribution in [0.1, 0.15) is 19.4 Å². The summed E-state index contributed by atoms with van der Waals surface area (Å²) in [5, 5.41) is 2.56. The molecule has 1 aromatic rings. The van der Waals surface area contributed by atoms with E-state index in [4.69, 9.17) is 0 Å². The number of nitrogens with zero attached hydrogens (tertiary/aromatic N) is 1. The van der Waals surface area contributed by atoms with Crippen LogP contribution in [-0.4, -0.2) is 30.4 Å². The summed E-state index contributed by atoms with van der Waals surface area (Å²) >= 11 is 0. The van der Waals surface area contributed by atoms with Gasteiger partial charge in [0.1, 0.15) is 5.82 Å². The quantitative estimate of drug-likeness (QED) is 0.865. The maximum absolute atomic E-state index is 13.1. The summed E-state index contributed by atoms with van der Waals surface area (Å²) in [6.45, 7) is 3.48. The average molecular weight is 292 g/mol. The second-order valence-corrected chi connectivity index (χ2v) is 4.64. The smallest absolute Gasteiger partial charge is 0.376 e. The number of benzene rings is 1. The van der Waals surface area contributed by atoms with Gasteiger partial charge >= 0.3 is 6.18 Å². The van der Waals surface area contributed by atoms with Crippen LogP contribution in [0.2, 0.25) is 0 Å². The molecule has 0 saturated carbocycles. The summed E-state index contributed by atoms with van der Waals surface area (Å²) in [6.07, 6.45) is -4.76. The number of hydrogen-bond acceptors (Lipinski definition) is 2. The van der Waals surface area contributed by atoms with Gasteiger partial charge in [0.15, 0.2) is 0 Å². The highest BCUT2D eigenvalue weighted by molar-refractivity contribution is 5.80. The molecule has 0 aliphatic heterocycles. The molecule has 112 valence electrons. The van der Waals surface area contributed by atoms with E-state index in [0.29, 0.717) is 6.07 Å². The molecule has 0 spiro atoms. The van der Waals surface area contributed by atoms with E-state index < -0.39 is 17.6 Å². The zero-order valence-corrected chi connectivity index (χ0v) is 11.4. The van der Waals surface area contributed by atoms with Gasteiger partial charge in [-0.3, -0.25) is 4.79 Å². The van der Waals surface area contributed by atoms with Crippen molar-refractivity contribution in [2.45, 2.75) is 26.1 Å². The normalized spacial score (nSPS) is 11.6. The van der Waals surface area contributed by atoms with Crippen LogP contribution in [0.25, 0.3) is 0 Å². The van der Waals surface area contributed by atoms with Gasteiger partial charge in [-0.25, -0.2) is 4.39 Å². The molecule has 1 aromatic carbocycles. The number of anilines is 1. The van der Waals surface area contributed by atoms with Crippen LogP contribution >= 0.6 is 0 Å². The molecule has 1 N–H and O–H groups in total. The van der Waals surface area contributed by atoms with E-state index >= 15 is 0 Å². The maximum Gasteiger partial charge on any atom is 0.419 e. The van der Waals surface area contributed by atoms with Gasteiger partial charge in [0.2, 0.25) is 5.91 Å². The first kappa shape index (κ1) is 16.3. The number of rotatable bonds is 4. The molecule has 1 rings (SSSR count). The van der Waals surface area contributed by atoms with E-state index in [-0.39, 0.29) is 24.2 Å². The van der Waals surface area contributed by atoms with E-state index in [1.807, 2.05) is 13.8 Å². The Morgan fingerprint density at radius 3 is 2.45 bits per heavy atom. The number of nitrogens with one attached hydrogen (secondary N) is 1. The summed E-state index contributed by atoms with van der Waals surface area (Å²) < 4.78 is 50.6. The molecule has 0 fully saturated rings. The van der Waals surface area contributed by atoms with Gasteiger partial charge in [0, 0.05) is 18.8 Å². The second-order valence-electron chi connectivity index (χ2n) is 4.64. The monoisotopic (exact) mass is 292 g/mol. The lowest BCUT2D eigenvalue weighted by Gasteiger charge is -2.22. The largest absolute Gasteiger partial charge is 0.419 e. The number of carbonyl (C=O) groups is 1. The van der Waals surface area contributed by atoms with Crippen LogP contribution in [0, 0.1) is 5.82 Å². The molecule has 0 saturated heterocycles. The molecular formula is C13H16F4N2O. The van der Waals surface area contributed by atoms with E-state index in [2.05, 4.69) is 5.32 Å². The van der Waals surface area contributed by atoms with Crippen molar-refractivity contribution in [1.29, 1.82) is 0 Å². The topological polar surface area (TPSA) is 32.3 Å². The Labute approximate surface area is 114 Å². The second kappa shape index (κ2) is 6.11. The number of carbonyl (C=O) groups excluding carboxylic acids is 1. The third kappa shape index (κ3) is 4.11. The van der Waals surface area contributed by atoms with E-state index in [9.17, 15) is 22.4 Å². The fourth-order valence-electron chi connectivity index (χ4n) is 1.44. The van der Waals surface area contributed by atoms with Crippen molar-refractivity contribution in [3.63, 3.8) is 0 Å². The van der Waals surface area contributed by atoms with Gasteiger partial charge in [-0.15, -0.1) is 0 Å². The molecule has 0 unspecified atom stereocenters. The lowest BCUT2D eigenvalue weighted by atomic mass is 10.2. The minimum atomic E-state index is -4.76. The van der Waals surface area contributed by atoms with Gasteiger partial charge < -0.3 is 10.2 Å². The Kier molecular flexibility index (Phi) is 4.97. The zero-order chi connectivity index (χ0) is 15.5. The number of likely N-dealkylation sites (N-methyl/N-ethyl adjacent to an activating group) is 1. The Morgan fingerprint density at radius 1 is 1.35 bits per heavy atom. The van der Waals surface area contributed by atoms with Crippen LogP contribution in [0.4, 0.5) is 23.2 Å². The number of halogens is 4. The zero-order valence-electron chi connectivity index (χ0n) is 11.4. The van der Waals surface area contributed by atoms with Gasteiger partial charge in [0.05, 0.1) is 12.1 Å². The van der Waals surface area contributed by atoms with Crippen molar-refractivity contribution < 1.29 is 22.4 Å². The Balaban J connectivity index is 2.78. The minimum Gasteiger partial charge on any atom is -0.376 e. The van der Waals surface area contributed by atoms with Gasteiger partial charge in [-0.1, -0.05) is 0 Å². The van der Waals surface area contributed by atoms with Crippen molar-refractivity contribution in [2.75, 3.05) is 18.9 Å². The third-order valence-corrected chi connectivity index (χ3v) is 2.88. The highest BCUT2D eigenvalue weighted by Crippen LogP contribution is 2.32. The molecule has 0 aliphatic rings. The molecule has 20 heavy (non-hydrogen) atoms. The Bertz CT molecular complexity index is 486. The van der Waals surface area contributed by atoms with Crippen molar-refractivity contribution in [3.8, 4) is 0 Å². The Morgan fingerprint density at radius 2 is 1.95 bits per heavy atom. The van der Waals surface area contributed by atoms with Gasteiger partial charge in [0.25, 0.3) is 0 Å². The number of amides is 1. The first-order valence-corrected chi connectivity index (χ1v) is 5.99. The van der Waals surface area contributed by atoms with Crippen LogP contribution in [0.5, 0.6) is 0 Å². The molecular weight excluding hydrogens is 276 g/mol. The molecule has 3 nitrogen and oxygen atoms in total. The molecule has 0 radical (unpaired) electrons. The van der Waals surface area contributed by atoms with Gasteiger partial charge in [-0.2, -0.15) is 13.2 Å². The van der Waals surface area contributed by atoms with Crippen molar-refractivity contribution >= 4 is 11.6 Å². The highest BCUT2D eigenvalue weighted by atomic mass is 19.4. The predicted molar refractivity (Wildman–Crippen MR) is 67.8 cm³/mol. The van der Waals surface area contributed by atoms with Crippen molar-refractivity contribution in [3.05, 3.63) is 29.6 Å². The minimum absolute atomic E-state index is 0.0109. The average Bonchev–Trinajstić information content (AvgIpc) is 2.34. The standard InChI is InChI=1S/C13H16F4N2O/c1-8(2)19(3)12(20)7-18-9-4-5-11(14)10(6-9)13(15,16)17/h4-6,8,18H,7H2,1-3H3. The fraction of sp³-hybridized carbons (Fsp3) is 0.462. The Hall–Kier alpha value is -1.79. The number of alkyl halides is 3. The summed E-state index contributed by atoms with van der Waals surface area (Å²) in [6, 6.07) is 2.52. The summed E-state index contributed by atoms with van der Waals surface area (Å²) in [5.74, 6) is -1.61. The van der Waals surface area contributed by atoms with E-state index in [1.54, 1.807) is 7.05 Å². The van der Waals surface area contributed by atoms with Crippen LogP contribution < -0.4 is 5.32 Å². The molecule has 7 heteroatoms. The highest BCUT2D eigenvalue weighted by Gasteiger charge is 2.34. The van der Waals surface area contributed by atoms with Crippen LogP contribution in [-0.2, 0) is 11.0 Å².